The highest BCUT2D eigenvalue weighted by Crippen LogP contribution is 2.48. The average Bonchev–Trinajstić information content (AvgIpc) is 3.16. The van der Waals surface area contributed by atoms with Crippen molar-refractivity contribution in [3.8, 4) is 0 Å². The van der Waals surface area contributed by atoms with Crippen LogP contribution in [0.4, 0.5) is 0 Å². The average molecular weight is 382 g/mol. The van der Waals surface area contributed by atoms with Crippen molar-refractivity contribution in [2.24, 2.45) is 17.8 Å². The third-order valence-electron chi connectivity index (χ3n) is 6.36. The minimum Gasteiger partial charge on any atom is -0.392 e. The quantitative estimate of drug-likeness (QED) is 0.289. The molecule has 1 aromatic carbocycles. The van der Waals surface area contributed by atoms with E-state index in [2.05, 4.69) is 25.1 Å². The molecule has 0 aromatic heterocycles. The number of ketones is 1. The van der Waals surface area contributed by atoms with Gasteiger partial charge in [0, 0.05) is 11.5 Å². The second-order valence-corrected chi connectivity index (χ2v) is 8.94. The van der Waals surface area contributed by atoms with Gasteiger partial charge in [-0.05, 0) is 77.6 Å². The van der Waals surface area contributed by atoms with Crippen LogP contribution in [-0.2, 0) is 0 Å². The zero-order valence-corrected chi connectivity index (χ0v) is 17.6. The number of fused-ring (bicyclic) bond motifs is 1. The van der Waals surface area contributed by atoms with Crippen LogP contribution in [0.2, 0.25) is 0 Å². The molecule has 0 aliphatic heterocycles. The van der Waals surface area contributed by atoms with E-state index in [0.717, 1.165) is 18.4 Å². The van der Waals surface area contributed by atoms with E-state index in [4.69, 9.17) is 0 Å². The maximum atomic E-state index is 12.4. The summed E-state index contributed by atoms with van der Waals surface area (Å²) in [6.45, 7) is 3.18. The van der Waals surface area contributed by atoms with Crippen molar-refractivity contribution in [1.82, 2.24) is 4.90 Å². The highest BCUT2D eigenvalue weighted by molar-refractivity contribution is 6.04. The summed E-state index contributed by atoms with van der Waals surface area (Å²) in [7, 11) is 4.26. The summed E-state index contributed by atoms with van der Waals surface area (Å²) in [5.41, 5.74) is 3.43. The van der Waals surface area contributed by atoms with E-state index in [1.54, 1.807) is 11.6 Å². The molecule has 28 heavy (non-hydrogen) atoms. The molecule has 1 aromatic rings. The molecule has 3 nitrogen and oxygen atoms in total. The van der Waals surface area contributed by atoms with E-state index < -0.39 is 0 Å². The Morgan fingerprint density at radius 1 is 1.18 bits per heavy atom. The van der Waals surface area contributed by atoms with Gasteiger partial charge in [-0.25, -0.2) is 0 Å². The molecular weight excluding hydrogens is 346 g/mol. The molecule has 3 rings (SSSR count). The number of benzene rings is 1. The zero-order valence-electron chi connectivity index (χ0n) is 17.6. The molecule has 2 aliphatic carbocycles. The van der Waals surface area contributed by atoms with Crippen LogP contribution in [0.15, 0.2) is 48.1 Å². The number of rotatable bonds is 9. The molecule has 0 radical (unpaired) electrons. The number of carbonyl (C=O) groups excluding carboxylic acids is 1. The van der Waals surface area contributed by atoms with E-state index in [1.165, 1.54) is 32.2 Å². The summed E-state index contributed by atoms with van der Waals surface area (Å²) >= 11 is 0. The Kier molecular flexibility index (Phi) is 7.25. The third-order valence-corrected chi connectivity index (χ3v) is 6.36. The van der Waals surface area contributed by atoms with Crippen molar-refractivity contribution >= 4 is 5.78 Å². The van der Waals surface area contributed by atoms with Gasteiger partial charge in [0.15, 0.2) is 5.78 Å². The van der Waals surface area contributed by atoms with Crippen LogP contribution in [0.3, 0.4) is 0 Å². The Bertz CT molecular complexity index is 717. The van der Waals surface area contributed by atoms with Crippen LogP contribution >= 0.6 is 0 Å². The van der Waals surface area contributed by atoms with Crippen molar-refractivity contribution in [2.45, 2.75) is 51.6 Å². The number of hydrogen-bond donors (Lipinski definition) is 1. The van der Waals surface area contributed by atoms with Gasteiger partial charge >= 0.3 is 0 Å². The van der Waals surface area contributed by atoms with Gasteiger partial charge in [-0.1, -0.05) is 54.0 Å². The molecule has 0 heterocycles. The summed E-state index contributed by atoms with van der Waals surface area (Å²) < 4.78 is 0. The van der Waals surface area contributed by atoms with Crippen LogP contribution in [0.5, 0.6) is 0 Å². The number of aryl methyl sites for hydroxylation is 1. The highest BCUT2D eigenvalue weighted by atomic mass is 16.3. The summed E-state index contributed by atoms with van der Waals surface area (Å²) in [5.74, 6) is 1.08. The number of aliphatic hydroxyl groups is 1. The van der Waals surface area contributed by atoms with E-state index in [1.807, 2.05) is 37.3 Å². The molecule has 1 saturated carbocycles. The number of hydrogen-bond acceptors (Lipinski definition) is 3. The van der Waals surface area contributed by atoms with Gasteiger partial charge in [-0.2, -0.15) is 0 Å². The number of aliphatic hydroxyl groups excluding tert-OH is 1. The van der Waals surface area contributed by atoms with Gasteiger partial charge < -0.3 is 10.0 Å². The molecule has 4 atom stereocenters. The van der Waals surface area contributed by atoms with Gasteiger partial charge in [0.25, 0.3) is 0 Å². The van der Waals surface area contributed by atoms with Gasteiger partial charge in [-0.15, -0.1) is 0 Å². The maximum Gasteiger partial charge on any atom is 0.185 e. The second kappa shape index (κ2) is 9.67. The van der Waals surface area contributed by atoms with Crippen LogP contribution < -0.4 is 0 Å². The fourth-order valence-corrected chi connectivity index (χ4v) is 4.76. The van der Waals surface area contributed by atoms with Gasteiger partial charge in [-0.3, -0.25) is 4.79 Å². The lowest BCUT2D eigenvalue weighted by atomic mass is 9.88. The Balaban J connectivity index is 1.51. The predicted octanol–water partition coefficient (Wildman–Crippen LogP) is 4.80. The molecule has 1 fully saturated rings. The van der Waals surface area contributed by atoms with E-state index in [-0.39, 0.29) is 17.8 Å². The summed E-state index contributed by atoms with van der Waals surface area (Å²) in [4.78, 5) is 14.7. The SMILES string of the molecule is Cc1ccc(C(=O)C=C[C@@H]2[C@H]3CC(CCCCCN(C)C)=C[C@H]3C[C@H]2O)cc1. The number of allylic oxidation sites excluding steroid dienone is 3. The van der Waals surface area contributed by atoms with Crippen molar-refractivity contribution in [3.63, 3.8) is 0 Å². The van der Waals surface area contributed by atoms with E-state index >= 15 is 0 Å². The van der Waals surface area contributed by atoms with Crippen molar-refractivity contribution in [2.75, 3.05) is 20.6 Å². The lowest BCUT2D eigenvalue weighted by Crippen LogP contribution is -2.17. The molecule has 2 aliphatic rings. The van der Waals surface area contributed by atoms with Gasteiger partial charge in [0.1, 0.15) is 0 Å². The first-order valence-corrected chi connectivity index (χ1v) is 10.8. The van der Waals surface area contributed by atoms with Crippen LogP contribution in [0.1, 0.15) is 54.4 Å². The normalized spacial score (nSPS) is 26.8. The fourth-order valence-electron chi connectivity index (χ4n) is 4.76. The fraction of sp³-hybridized carbons (Fsp3) is 0.560. The minimum absolute atomic E-state index is 0.0303. The molecule has 3 heteroatoms. The van der Waals surface area contributed by atoms with E-state index in [9.17, 15) is 9.90 Å². The van der Waals surface area contributed by atoms with Crippen molar-refractivity contribution in [1.29, 1.82) is 0 Å². The predicted molar refractivity (Wildman–Crippen MR) is 115 cm³/mol. The molecule has 0 unspecified atom stereocenters. The van der Waals surface area contributed by atoms with Crippen molar-refractivity contribution in [3.05, 3.63) is 59.2 Å². The topological polar surface area (TPSA) is 40.5 Å². The Morgan fingerprint density at radius 3 is 2.64 bits per heavy atom. The first-order chi connectivity index (χ1) is 13.4. The number of nitrogens with zero attached hydrogens (tertiary/aromatic N) is 1. The molecule has 1 N–H and O–H groups in total. The summed E-state index contributed by atoms with van der Waals surface area (Å²) in [6, 6.07) is 7.68. The molecule has 0 saturated heterocycles. The molecular formula is C25H35NO2. The molecule has 152 valence electrons. The first-order valence-electron chi connectivity index (χ1n) is 10.8. The summed E-state index contributed by atoms with van der Waals surface area (Å²) in [5, 5.41) is 10.5. The van der Waals surface area contributed by atoms with Crippen molar-refractivity contribution < 1.29 is 9.90 Å². The minimum atomic E-state index is -0.324. The number of unbranched alkanes of at least 4 members (excludes halogenated alkanes) is 2. The second-order valence-electron chi connectivity index (χ2n) is 8.94. The number of carbonyl (C=O) groups is 1. The zero-order chi connectivity index (χ0) is 20.1. The Labute approximate surface area is 170 Å². The Hall–Kier alpha value is -1.71. The largest absolute Gasteiger partial charge is 0.392 e. The van der Waals surface area contributed by atoms with Crippen LogP contribution in [-0.4, -0.2) is 42.5 Å². The summed E-state index contributed by atoms with van der Waals surface area (Å²) in [6.07, 6.45) is 12.7. The highest BCUT2D eigenvalue weighted by Gasteiger charge is 2.43. The van der Waals surface area contributed by atoms with Gasteiger partial charge in [0.05, 0.1) is 6.10 Å². The maximum absolute atomic E-state index is 12.4. The van der Waals surface area contributed by atoms with Crippen LogP contribution in [0.25, 0.3) is 0 Å². The monoisotopic (exact) mass is 381 g/mol. The standard InChI is InChI=1S/C25H35NO2/c1-18-8-10-20(11-9-18)24(27)13-12-22-23-16-19(15-21(23)17-25(22)28)7-5-4-6-14-26(2)3/h8-13,15,21-23,25,28H,4-7,14,16-17H2,1-3H3/t21-,22+,23-,25+/m0/s1. The van der Waals surface area contributed by atoms with Crippen LogP contribution in [0, 0.1) is 24.7 Å². The molecule has 0 spiro atoms. The molecule has 0 amide bonds. The first kappa shape index (κ1) is 21.0. The Morgan fingerprint density at radius 2 is 1.93 bits per heavy atom. The van der Waals surface area contributed by atoms with Gasteiger partial charge in [0.2, 0.25) is 0 Å². The lowest BCUT2D eigenvalue weighted by molar-refractivity contribution is 0.104. The smallest absolute Gasteiger partial charge is 0.185 e. The molecule has 0 bridgehead atoms. The van der Waals surface area contributed by atoms with E-state index in [0.29, 0.717) is 17.4 Å². The lowest BCUT2D eigenvalue weighted by Gasteiger charge is -2.18. The third kappa shape index (κ3) is 5.42.